The van der Waals surface area contributed by atoms with Gasteiger partial charge >= 0.3 is 0 Å². The average molecular weight is 407 g/mol. The molecule has 4 rings (SSSR count). The van der Waals surface area contributed by atoms with Crippen LogP contribution in [0.15, 0.2) is 48.5 Å². The predicted octanol–water partition coefficient (Wildman–Crippen LogP) is 3.12. The van der Waals surface area contributed by atoms with Gasteiger partial charge in [0, 0.05) is 42.7 Å². The second-order valence-corrected chi connectivity index (χ2v) is 8.93. The predicted molar refractivity (Wildman–Crippen MR) is 120 cm³/mol. The zero-order chi connectivity index (χ0) is 21.1. The van der Waals surface area contributed by atoms with E-state index in [1.165, 1.54) is 28.9 Å². The summed E-state index contributed by atoms with van der Waals surface area (Å²) in [6.45, 7) is 6.55. The molecule has 2 amide bonds. The topological polar surface area (TPSA) is 53.9 Å². The minimum Gasteiger partial charge on any atom is -0.321 e. The van der Waals surface area contributed by atoms with Gasteiger partial charge in [0.05, 0.1) is 6.04 Å². The maximum atomic E-state index is 12.7. The van der Waals surface area contributed by atoms with Crippen molar-refractivity contribution in [3.63, 3.8) is 0 Å². The summed E-state index contributed by atoms with van der Waals surface area (Å²) < 4.78 is 0. The van der Waals surface area contributed by atoms with Crippen molar-refractivity contribution in [3.05, 3.63) is 59.7 Å². The van der Waals surface area contributed by atoms with Crippen LogP contribution in [-0.4, -0.2) is 30.9 Å². The summed E-state index contributed by atoms with van der Waals surface area (Å²) in [7, 11) is 0. The fourth-order valence-electron chi connectivity index (χ4n) is 4.18. The lowest BCUT2D eigenvalue weighted by Gasteiger charge is -2.20. The summed E-state index contributed by atoms with van der Waals surface area (Å²) in [4.78, 5) is 27.7. The molecule has 0 spiro atoms. The molecule has 2 aromatic rings. The molecule has 2 N–H and O–H groups in total. The molecule has 1 aliphatic heterocycles. The normalized spacial score (nSPS) is 17.4. The Morgan fingerprint density at radius 1 is 1.10 bits per heavy atom. The Kier molecular flexibility index (Phi) is 6.18. The third kappa shape index (κ3) is 5.08. The fourth-order valence-corrected chi connectivity index (χ4v) is 4.18. The van der Waals surface area contributed by atoms with Gasteiger partial charge in [0.25, 0.3) is 5.91 Å². The van der Waals surface area contributed by atoms with Crippen LogP contribution in [0.3, 0.4) is 0 Å². The van der Waals surface area contributed by atoms with E-state index in [1.54, 1.807) is 0 Å². The Balaban J connectivity index is 1.34. The maximum Gasteiger partial charge on any atom is 0.279 e. The van der Waals surface area contributed by atoms with Crippen LogP contribution < -0.4 is 15.1 Å². The first kappa shape index (κ1) is 20.6. The molecule has 1 saturated carbocycles. The quantitative estimate of drug-likeness (QED) is 0.708. The van der Waals surface area contributed by atoms with Crippen LogP contribution in [0.25, 0.3) is 0 Å². The fraction of sp³-hybridized carbons (Fsp3) is 0.440. The lowest BCUT2D eigenvalue weighted by Crippen LogP contribution is -3.13. The van der Waals surface area contributed by atoms with Crippen molar-refractivity contribution >= 4 is 23.2 Å². The lowest BCUT2D eigenvalue weighted by atomic mass is 10.0. The van der Waals surface area contributed by atoms with Crippen LogP contribution in [0.1, 0.15) is 56.6 Å². The van der Waals surface area contributed by atoms with Crippen molar-refractivity contribution in [1.29, 1.82) is 0 Å². The molecule has 2 aliphatic rings. The molecular weight excluding hydrogens is 374 g/mol. The molecular formula is C25H32N3O2+. The van der Waals surface area contributed by atoms with Gasteiger partial charge in [0.2, 0.25) is 5.91 Å². The second-order valence-electron chi connectivity index (χ2n) is 8.93. The first-order chi connectivity index (χ1) is 14.5. The van der Waals surface area contributed by atoms with Gasteiger partial charge < -0.3 is 15.1 Å². The zero-order valence-electron chi connectivity index (χ0n) is 18.0. The number of rotatable bonds is 8. The molecule has 5 heteroatoms. The Bertz CT molecular complexity index is 886. The van der Waals surface area contributed by atoms with Crippen molar-refractivity contribution < 1.29 is 14.5 Å². The number of carbonyl (C=O) groups is 2. The molecule has 0 bridgehead atoms. The summed E-state index contributed by atoms with van der Waals surface area (Å²) in [5.41, 5.74) is 4.33. The van der Waals surface area contributed by atoms with E-state index in [2.05, 4.69) is 43.4 Å². The molecule has 1 unspecified atom stereocenters. The van der Waals surface area contributed by atoms with Gasteiger partial charge in [-0.1, -0.05) is 38.1 Å². The van der Waals surface area contributed by atoms with Gasteiger partial charge in [-0.05, 0) is 42.2 Å². The first-order valence-corrected chi connectivity index (χ1v) is 11.1. The van der Waals surface area contributed by atoms with E-state index >= 15 is 0 Å². The lowest BCUT2D eigenvalue weighted by molar-refractivity contribution is -0.916. The van der Waals surface area contributed by atoms with Gasteiger partial charge in [-0.2, -0.15) is 0 Å². The molecule has 1 atom stereocenters. The van der Waals surface area contributed by atoms with Crippen molar-refractivity contribution in [2.24, 2.45) is 0 Å². The van der Waals surface area contributed by atoms with Crippen molar-refractivity contribution in [2.45, 2.75) is 58.0 Å². The monoisotopic (exact) mass is 406 g/mol. The Hall–Kier alpha value is -2.66. The number of quaternary nitrogens is 1. The summed E-state index contributed by atoms with van der Waals surface area (Å²) in [5, 5.41) is 3.03. The molecule has 5 nitrogen and oxygen atoms in total. The van der Waals surface area contributed by atoms with Gasteiger partial charge in [-0.25, -0.2) is 0 Å². The standard InChI is InChI=1S/C25H31N3O2/c1-18(2)20-7-5-19(6-8-20)16-27(22-13-14-22)17-24(29)26-21-9-11-23(12-10-21)28-15-3-4-25(28)30/h5-12,18,22H,3-4,13-17H2,1-2H3,(H,26,29)/p+1. The second kappa shape index (κ2) is 9.00. The summed E-state index contributed by atoms with van der Waals surface area (Å²) in [5.74, 6) is 0.754. The number of hydrogen-bond acceptors (Lipinski definition) is 2. The highest BCUT2D eigenvalue weighted by Crippen LogP contribution is 2.23. The molecule has 0 aromatic heterocycles. The Morgan fingerprint density at radius 2 is 1.80 bits per heavy atom. The third-order valence-electron chi connectivity index (χ3n) is 6.16. The molecule has 2 aromatic carbocycles. The largest absolute Gasteiger partial charge is 0.321 e. The molecule has 158 valence electrons. The van der Waals surface area contributed by atoms with Gasteiger partial charge in [0.1, 0.15) is 6.54 Å². The number of nitrogens with zero attached hydrogens (tertiary/aromatic N) is 1. The highest BCUT2D eigenvalue weighted by atomic mass is 16.2. The zero-order valence-corrected chi connectivity index (χ0v) is 18.0. The SMILES string of the molecule is CC(C)c1ccc(C[NH+](CC(=O)Nc2ccc(N3CCCC3=O)cc2)C2CC2)cc1. The molecule has 2 fully saturated rings. The van der Waals surface area contributed by atoms with Crippen molar-refractivity contribution in [2.75, 3.05) is 23.3 Å². The number of hydrogen-bond donors (Lipinski definition) is 2. The van der Waals surface area contributed by atoms with E-state index in [0.717, 1.165) is 30.9 Å². The van der Waals surface area contributed by atoms with Crippen LogP contribution in [0.5, 0.6) is 0 Å². The van der Waals surface area contributed by atoms with Gasteiger partial charge in [-0.15, -0.1) is 0 Å². The number of amides is 2. The number of carbonyl (C=O) groups excluding carboxylic acids is 2. The van der Waals surface area contributed by atoms with Crippen LogP contribution in [0.4, 0.5) is 11.4 Å². The van der Waals surface area contributed by atoms with Crippen molar-refractivity contribution in [1.82, 2.24) is 0 Å². The summed E-state index contributed by atoms with van der Waals surface area (Å²) in [6.07, 6.45) is 3.94. The Morgan fingerprint density at radius 3 is 2.37 bits per heavy atom. The number of anilines is 2. The molecule has 0 radical (unpaired) electrons. The first-order valence-electron chi connectivity index (χ1n) is 11.1. The summed E-state index contributed by atoms with van der Waals surface area (Å²) >= 11 is 0. The van der Waals surface area contributed by atoms with Gasteiger partial charge in [0.15, 0.2) is 6.54 Å². The van der Waals surface area contributed by atoms with Crippen molar-refractivity contribution in [3.8, 4) is 0 Å². The van der Waals surface area contributed by atoms with E-state index in [1.807, 2.05) is 29.2 Å². The van der Waals surface area contributed by atoms with E-state index in [-0.39, 0.29) is 11.8 Å². The third-order valence-corrected chi connectivity index (χ3v) is 6.16. The van der Waals surface area contributed by atoms with Crippen LogP contribution >= 0.6 is 0 Å². The van der Waals surface area contributed by atoms with E-state index in [0.29, 0.717) is 24.9 Å². The molecule has 1 saturated heterocycles. The molecule has 1 aliphatic carbocycles. The van der Waals surface area contributed by atoms with E-state index in [4.69, 9.17) is 0 Å². The van der Waals surface area contributed by atoms with E-state index in [9.17, 15) is 9.59 Å². The molecule has 1 heterocycles. The number of nitrogens with one attached hydrogen (secondary N) is 2. The Labute approximate surface area is 179 Å². The minimum absolute atomic E-state index is 0.0423. The minimum atomic E-state index is 0.0423. The molecule has 30 heavy (non-hydrogen) atoms. The summed E-state index contributed by atoms with van der Waals surface area (Å²) in [6, 6.07) is 17.0. The smallest absolute Gasteiger partial charge is 0.279 e. The number of benzene rings is 2. The van der Waals surface area contributed by atoms with Gasteiger partial charge in [-0.3, -0.25) is 9.59 Å². The van der Waals surface area contributed by atoms with Crippen LogP contribution in [0.2, 0.25) is 0 Å². The highest BCUT2D eigenvalue weighted by molar-refractivity contribution is 5.96. The van der Waals surface area contributed by atoms with Crippen LogP contribution in [0, 0.1) is 0 Å². The van der Waals surface area contributed by atoms with Crippen LogP contribution in [-0.2, 0) is 16.1 Å². The van der Waals surface area contributed by atoms with E-state index < -0.39 is 0 Å². The average Bonchev–Trinajstić information content (AvgIpc) is 3.49. The maximum absolute atomic E-state index is 12.7. The highest BCUT2D eigenvalue weighted by Gasteiger charge is 2.34.